The minimum absolute atomic E-state index is 0.152. The van der Waals surface area contributed by atoms with Gasteiger partial charge in [0.05, 0.1) is 5.56 Å². The van der Waals surface area contributed by atoms with Gasteiger partial charge in [-0.1, -0.05) is 6.07 Å². The van der Waals surface area contributed by atoms with Crippen LogP contribution in [0.15, 0.2) is 59.9 Å². The number of nitrogens with one attached hydrogen (secondary N) is 2. The molecule has 1 aromatic carbocycles. The number of hydrogen-bond donors (Lipinski definition) is 2. The second-order valence-corrected chi connectivity index (χ2v) is 7.24. The van der Waals surface area contributed by atoms with Gasteiger partial charge < -0.3 is 10.6 Å². The number of benzene rings is 1. The fourth-order valence-corrected chi connectivity index (χ4v) is 3.71. The van der Waals surface area contributed by atoms with Gasteiger partial charge >= 0.3 is 0 Å². The van der Waals surface area contributed by atoms with Crippen LogP contribution in [0.25, 0.3) is 0 Å². The molecule has 0 spiro atoms. The van der Waals surface area contributed by atoms with Gasteiger partial charge in [0, 0.05) is 30.9 Å². The standard InChI is InChI=1S/C21H22N4OS/c1-14-9-15(2)11-17(10-14)25-20(26)18-5-4-7-24-21(18)27-13-16-6-8-23-19(12-16)22-3/h4-12H,13H2,1-3H3,(H,22,23)(H,25,26). The van der Waals surface area contributed by atoms with Crippen LogP contribution in [0.4, 0.5) is 11.5 Å². The van der Waals surface area contributed by atoms with Gasteiger partial charge in [-0.3, -0.25) is 4.79 Å². The minimum atomic E-state index is -0.152. The summed E-state index contributed by atoms with van der Waals surface area (Å²) < 4.78 is 0. The second kappa shape index (κ2) is 8.68. The van der Waals surface area contributed by atoms with E-state index in [9.17, 15) is 4.79 Å². The highest BCUT2D eigenvalue weighted by molar-refractivity contribution is 7.98. The third-order valence-corrected chi connectivity index (χ3v) is 5.03. The molecule has 0 fully saturated rings. The molecule has 0 aliphatic carbocycles. The zero-order chi connectivity index (χ0) is 19.2. The van der Waals surface area contributed by atoms with Crippen molar-refractivity contribution < 1.29 is 4.79 Å². The van der Waals surface area contributed by atoms with E-state index in [1.807, 2.05) is 45.2 Å². The summed E-state index contributed by atoms with van der Waals surface area (Å²) in [5.41, 5.74) is 4.72. The predicted octanol–water partition coefficient (Wildman–Crippen LogP) is 4.68. The predicted molar refractivity (Wildman–Crippen MR) is 111 cm³/mol. The smallest absolute Gasteiger partial charge is 0.258 e. The van der Waals surface area contributed by atoms with Crippen molar-refractivity contribution in [3.8, 4) is 0 Å². The van der Waals surface area contributed by atoms with Crippen molar-refractivity contribution in [3.63, 3.8) is 0 Å². The lowest BCUT2D eigenvalue weighted by Gasteiger charge is -2.11. The molecule has 1 amide bonds. The average molecular weight is 379 g/mol. The zero-order valence-corrected chi connectivity index (χ0v) is 16.4. The molecule has 2 aromatic heterocycles. The third kappa shape index (κ3) is 5.08. The molecule has 0 aliphatic heterocycles. The number of carbonyl (C=O) groups is 1. The number of pyridine rings is 2. The number of aryl methyl sites for hydroxylation is 2. The Labute approximate surface area is 163 Å². The molecule has 0 saturated heterocycles. The second-order valence-electron chi connectivity index (χ2n) is 6.27. The highest BCUT2D eigenvalue weighted by Crippen LogP contribution is 2.26. The van der Waals surface area contributed by atoms with Crippen LogP contribution in [-0.4, -0.2) is 22.9 Å². The molecular formula is C21H22N4OS. The molecule has 0 radical (unpaired) electrons. The first-order valence-electron chi connectivity index (χ1n) is 8.65. The van der Waals surface area contributed by atoms with E-state index in [-0.39, 0.29) is 5.91 Å². The molecule has 2 N–H and O–H groups in total. The topological polar surface area (TPSA) is 66.9 Å². The maximum atomic E-state index is 12.8. The van der Waals surface area contributed by atoms with Gasteiger partial charge in [0.2, 0.25) is 0 Å². The Morgan fingerprint density at radius 1 is 1.04 bits per heavy atom. The molecule has 0 aliphatic rings. The summed E-state index contributed by atoms with van der Waals surface area (Å²) in [4.78, 5) is 21.4. The van der Waals surface area contributed by atoms with E-state index in [1.54, 1.807) is 24.5 Å². The number of hydrogen-bond acceptors (Lipinski definition) is 5. The van der Waals surface area contributed by atoms with Crippen molar-refractivity contribution in [2.24, 2.45) is 0 Å². The highest BCUT2D eigenvalue weighted by Gasteiger charge is 2.13. The van der Waals surface area contributed by atoms with E-state index in [2.05, 4.69) is 26.7 Å². The van der Waals surface area contributed by atoms with Gasteiger partial charge in [-0.05, 0) is 66.9 Å². The quantitative estimate of drug-likeness (QED) is 0.610. The summed E-state index contributed by atoms with van der Waals surface area (Å²) in [5, 5.41) is 6.73. The number of nitrogens with zero attached hydrogens (tertiary/aromatic N) is 2. The monoisotopic (exact) mass is 378 g/mol. The van der Waals surface area contributed by atoms with E-state index in [1.165, 1.54) is 11.8 Å². The maximum Gasteiger partial charge on any atom is 0.258 e. The van der Waals surface area contributed by atoms with Crippen molar-refractivity contribution in [2.75, 3.05) is 17.7 Å². The summed E-state index contributed by atoms with van der Waals surface area (Å²) in [7, 11) is 1.84. The van der Waals surface area contributed by atoms with Crippen LogP contribution in [0.2, 0.25) is 0 Å². The van der Waals surface area contributed by atoms with E-state index < -0.39 is 0 Å². The van der Waals surface area contributed by atoms with Crippen LogP contribution < -0.4 is 10.6 Å². The Kier molecular flexibility index (Phi) is 6.08. The first-order valence-corrected chi connectivity index (χ1v) is 9.64. The van der Waals surface area contributed by atoms with Crippen molar-refractivity contribution in [1.82, 2.24) is 9.97 Å². The molecule has 27 heavy (non-hydrogen) atoms. The first kappa shape index (κ1) is 18.9. The van der Waals surface area contributed by atoms with Crippen molar-refractivity contribution >= 4 is 29.2 Å². The fraction of sp³-hybridized carbons (Fsp3) is 0.190. The Morgan fingerprint density at radius 2 is 1.81 bits per heavy atom. The van der Waals surface area contributed by atoms with Gasteiger partial charge in [-0.2, -0.15) is 0 Å². The van der Waals surface area contributed by atoms with Crippen LogP contribution >= 0.6 is 11.8 Å². The number of rotatable bonds is 6. The molecule has 0 atom stereocenters. The molecule has 0 saturated carbocycles. The molecular weight excluding hydrogens is 356 g/mol. The van der Waals surface area contributed by atoms with Crippen LogP contribution in [-0.2, 0) is 5.75 Å². The van der Waals surface area contributed by atoms with Crippen LogP contribution in [0.5, 0.6) is 0 Å². The molecule has 2 heterocycles. The highest BCUT2D eigenvalue weighted by atomic mass is 32.2. The largest absolute Gasteiger partial charge is 0.373 e. The van der Waals surface area contributed by atoms with Gasteiger partial charge in [-0.15, -0.1) is 11.8 Å². The maximum absolute atomic E-state index is 12.8. The molecule has 3 aromatic rings. The number of aromatic nitrogens is 2. The number of carbonyl (C=O) groups excluding carboxylic acids is 1. The Morgan fingerprint density at radius 3 is 2.56 bits per heavy atom. The molecule has 6 heteroatoms. The number of anilines is 2. The number of thioether (sulfide) groups is 1. The minimum Gasteiger partial charge on any atom is -0.373 e. The van der Waals surface area contributed by atoms with Crippen LogP contribution in [0.3, 0.4) is 0 Å². The summed E-state index contributed by atoms with van der Waals surface area (Å²) in [6.45, 7) is 4.03. The number of amides is 1. The molecule has 3 rings (SSSR count). The van der Waals surface area contributed by atoms with Gasteiger partial charge in [-0.25, -0.2) is 9.97 Å². The molecule has 0 unspecified atom stereocenters. The zero-order valence-electron chi connectivity index (χ0n) is 15.6. The van der Waals surface area contributed by atoms with Crippen molar-refractivity contribution in [2.45, 2.75) is 24.6 Å². The van der Waals surface area contributed by atoms with E-state index >= 15 is 0 Å². The SMILES string of the molecule is CNc1cc(CSc2ncccc2C(=O)Nc2cc(C)cc(C)c2)ccn1. The summed E-state index contributed by atoms with van der Waals surface area (Å²) in [6.07, 6.45) is 3.48. The van der Waals surface area contributed by atoms with Gasteiger partial charge in [0.25, 0.3) is 5.91 Å². The molecule has 5 nitrogen and oxygen atoms in total. The van der Waals surface area contributed by atoms with Crippen molar-refractivity contribution in [1.29, 1.82) is 0 Å². The average Bonchev–Trinajstić information content (AvgIpc) is 2.66. The summed E-state index contributed by atoms with van der Waals surface area (Å²) in [5.74, 6) is 1.38. The summed E-state index contributed by atoms with van der Waals surface area (Å²) in [6, 6.07) is 13.5. The van der Waals surface area contributed by atoms with Crippen LogP contribution in [0, 0.1) is 13.8 Å². The van der Waals surface area contributed by atoms with Crippen LogP contribution in [0.1, 0.15) is 27.0 Å². The van der Waals surface area contributed by atoms with E-state index in [4.69, 9.17) is 0 Å². The first-order chi connectivity index (χ1) is 13.0. The normalized spacial score (nSPS) is 10.5. The Balaban J connectivity index is 1.75. The van der Waals surface area contributed by atoms with Gasteiger partial charge in [0.1, 0.15) is 10.8 Å². The summed E-state index contributed by atoms with van der Waals surface area (Å²) >= 11 is 1.54. The fourth-order valence-electron chi connectivity index (χ4n) is 2.78. The Hall–Kier alpha value is -2.86. The van der Waals surface area contributed by atoms with Gasteiger partial charge in [0.15, 0.2) is 0 Å². The van der Waals surface area contributed by atoms with E-state index in [0.717, 1.165) is 28.2 Å². The Bertz CT molecular complexity index is 938. The molecule has 0 bridgehead atoms. The van der Waals surface area contributed by atoms with Crippen molar-refractivity contribution in [3.05, 3.63) is 77.1 Å². The lowest BCUT2D eigenvalue weighted by molar-refractivity contribution is 0.102. The lowest BCUT2D eigenvalue weighted by atomic mass is 10.1. The van der Waals surface area contributed by atoms with E-state index in [0.29, 0.717) is 16.3 Å². The third-order valence-electron chi connectivity index (χ3n) is 3.95. The molecule has 138 valence electrons. The lowest BCUT2D eigenvalue weighted by Crippen LogP contribution is -2.14.